The lowest BCUT2D eigenvalue weighted by Crippen LogP contribution is -2.01. The molecule has 0 amide bonds. The summed E-state index contributed by atoms with van der Waals surface area (Å²) in [5.74, 6) is 1.63. The summed E-state index contributed by atoms with van der Waals surface area (Å²) >= 11 is 1.75. The molecule has 112 valence electrons. The second-order valence-corrected chi connectivity index (χ2v) is 6.66. The fraction of sp³-hybridized carbons (Fsp3) is 0.471. The van der Waals surface area contributed by atoms with E-state index >= 15 is 0 Å². The predicted octanol–water partition coefficient (Wildman–Crippen LogP) is 3.66. The zero-order valence-electron chi connectivity index (χ0n) is 12.5. The van der Waals surface area contributed by atoms with Gasteiger partial charge in [-0.25, -0.2) is 4.98 Å². The van der Waals surface area contributed by atoms with E-state index in [1.54, 1.807) is 11.3 Å². The van der Waals surface area contributed by atoms with Gasteiger partial charge in [0, 0.05) is 23.8 Å². The van der Waals surface area contributed by atoms with E-state index in [2.05, 4.69) is 25.1 Å². The first kappa shape index (κ1) is 14.5. The molecule has 1 aromatic carbocycles. The van der Waals surface area contributed by atoms with Crippen LogP contribution in [-0.4, -0.2) is 11.6 Å². The molecule has 1 aliphatic rings. The molecule has 0 unspecified atom stereocenters. The Bertz CT molecular complexity index is 605. The third-order valence-electron chi connectivity index (χ3n) is 3.81. The van der Waals surface area contributed by atoms with Crippen molar-refractivity contribution in [1.29, 1.82) is 0 Å². The van der Waals surface area contributed by atoms with E-state index in [9.17, 15) is 0 Å². The SMILES string of the molecule is CCc1cccc(OCCc2nc(C3CC3)c(CN)s2)c1. The van der Waals surface area contributed by atoms with Gasteiger partial charge in [0.1, 0.15) is 5.75 Å². The maximum absolute atomic E-state index is 5.85. The molecule has 0 atom stereocenters. The van der Waals surface area contributed by atoms with Crippen molar-refractivity contribution >= 4 is 11.3 Å². The van der Waals surface area contributed by atoms with Gasteiger partial charge in [-0.05, 0) is 37.0 Å². The maximum Gasteiger partial charge on any atom is 0.119 e. The van der Waals surface area contributed by atoms with Crippen molar-refractivity contribution in [2.24, 2.45) is 5.73 Å². The molecule has 0 aliphatic heterocycles. The Morgan fingerprint density at radius 1 is 1.38 bits per heavy atom. The molecule has 2 N–H and O–H groups in total. The smallest absolute Gasteiger partial charge is 0.119 e. The van der Waals surface area contributed by atoms with Crippen molar-refractivity contribution in [2.45, 2.75) is 45.1 Å². The van der Waals surface area contributed by atoms with Crippen molar-refractivity contribution in [3.8, 4) is 5.75 Å². The van der Waals surface area contributed by atoms with Gasteiger partial charge in [-0.15, -0.1) is 11.3 Å². The van der Waals surface area contributed by atoms with Crippen LogP contribution < -0.4 is 10.5 Å². The van der Waals surface area contributed by atoms with Crippen LogP contribution in [0.5, 0.6) is 5.75 Å². The van der Waals surface area contributed by atoms with Gasteiger partial charge in [0.25, 0.3) is 0 Å². The summed E-state index contributed by atoms with van der Waals surface area (Å²) < 4.78 is 5.85. The Morgan fingerprint density at radius 2 is 2.24 bits per heavy atom. The van der Waals surface area contributed by atoms with Crippen LogP contribution in [0.25, 0.3) is 0 Å². The number of ether oxygens (including phenoxy) is 1. The molecule has 0 radical (unpaired) electrons. The van der Waals surface area contributed by atoms with E-state index in [1.807, 2.05) is 6.07 Å². The van der Waals surface area contributed by atoms with E-state index in [1.165, 1.54) is 29.0 Å². The minimum atomic E-state index is 0.614. The fourth-order valence-electron chi connectivity index (χ4n) is 2.45. The van der Waals surface area contributed by atoms with E-state index < -0.39 is 0 Å². The van der Waals surface area contributed by atoms with E-state index in [4.69, 9.17) is 15.5 Å². The molecule has 1 fully saturated rings. The minimum Gasteiger partial charge on any atom is -0.493 e. The summed E-state index contributed by atoms with van der Waals surface area (Å²) in [5, 5.41) is 1.16. The summed E-state index contributed by atoms with van der Waals surface area (Å²) in [6, 6.07) is 8.31. The average Bonchev–Trinajstić information content (AvgIpc) is 3.28. The van der Waals surface area contributed by atoms with Gasteiger partial charge in [-0.1, -0.05) is 19.1 Å². The Labute approximate surface area is 130 Å². The molecule has 3 rings (SSSR count). The van der Waals surface area contributed by atoms with Gasteiger partial charge in [0.2, 0.25) is 0 Å². The van der Waals surface area contributed by atoms with Crippen LogP contribution in [0.2, 0.25) is 0 Å². The highest BCUT2D eigenvalue weighted by molar-refractivity contribution is 7.11. The monoisotopic (exact) mass is 302 g/mol. The summed E-state index contributed by atoms with van der Waals surface area (Å²) in [6.45, 7) is 3.44. The number of nitrogens with zero attached hydrogens (tertiary/aromatic N) is 1. The lowest BCUT2D eigenvalue weighted by molar-refractivity contribution is 0.321. The molecule has 2 aromatic rings. The number of nitrogens with two attached hydrogens (primary N) is 1. The third kappa shape index (κ3) is 3.63. The number of thiazole rings is 1. The molecule has 0 spiro atoms. The van der Waals surface area contributed by atoms with Crippen molar-refractivity contribution in [2.75, 3.05) is 6.61 Å². The number of aromatic nitrogens is 1. The Balaban J connectivity index is 1.57. The lowest BCUT2D eigenvalue weighted by atomic mass is 10.2. The topological polar surface area (TPSA) is 48.1 Å². The first-order valence-electron chi connectivity index (χ1n) is 7.70. The van der Waals surface area contributed by atoms with Crippen molar-refractivity contribution < 1.29 is 4.74 Å². The molecule has 1 saturated carbocycles. The third-order valence-corrected chi connectivity index (χ3v) is 4.97. The first-order chi connectivity index (χ1) is 10.3. The first-order valence-corrected chi connectivity index (χ1v) is 8.52. The lowest BCUT2D eigenvalue weighted by Gasteiger charge is -2.06. The highest BCUT2D eigenvalue weighted by Crippen LogP contribution is 2.42. The number of hydrogen-bond acceptors (Lipinski definition) is 4. The molecule has 1 aromatic heterocycles. The molecule has 21 heavy (non-hydrogen) atoms. The number of benzene rings is 1. The molecular weight excluding hydrogens is 280 g/mol. The summed E-state index contributed by atoms with van der Waals surface area (Å²) in [6.07, 6.45) is 4.45. The molecule has 4 heteroatoms. The van der Waals surface area contributed by atoms with Gasteiger partial charge in [-0.3, -0.25) is 0 Å². The van der Waals surface area contributed by atoms with E-state index in [-0.39, 0.29) is 0 Å². The van der Waals surface area contributed by atoms with Crippen LogP contribution in [0, 0.1) is 0 Å². The summed E-state index contributed by atoms with van der Waals surface area (Å²) in [5.41, 5.74) is 8.38. The quantitative estimate of drug-likeness (QED) is 0.849. The van der Waals surface area contributed by atoms with Crippen LogP contribution >= 0.6 is 11.3 Å². The minimum absolute atomic E-state index is 0.614. The van der Waals surface area contributed by atoms with Gasteiger partial charge in [0.05, 0.1) is 17.3 Å². The number of aryl methyl sites for hydroxylation is 1. The zero-order chi connectivity index (χ0) is 14.7. The average molecular weight is 302 g/mol. The Morgan fingerprint density at radius 3 is 2.95 bits per heavy atom. The number of hydrogen-bond donors (Lipinski definition) is 1. The second kappa shape index (κ2) is 6.58. The summed E-state index contributed by atoms with van der Waals surface area (Å²) in [7, 11) is 0. The van der Waals surface area contributed by atoms with Gasteiger partial charge >= 0.3 is 0 Å². The standard InChI is InChI=1S/C17H22N2OS/c1-2-12-4-3-5-14(10-12)20-9-8-16-19-17(13-6-7-13)15(11-18)21-16/h3-5,10,13H,2,6-9,11,18H2,1H3. The van der Waals surface area contributed by atoms with Crippen LogP contribution in [0.4, 0.5) is 0 Å². The highest BCUT2D eigenvalue weighted by atomic mass is 32.1. The molecule has 1 heterocycles. The van der Waals surface area contributed by atoms with E-state index in [0.29, 0.717) is 19.1 Å². The Hall–Kier alpha value is -1.39. The van der Waals surface area contributed by atoms with E-state index in [0.717, 1.165) is 23.6 Å². The van der Waals surface area contributed by atoms with Gasteiger partial charge in [0.15, 0.2) is 0 Å². The van der Waals surface area contributed by atoms with Crippen LogP contribution in [0.3, 0.4) is 0 Å². The fourth-order valence-corrected chi connectivity index (χ4v) is 3.47. The van der Waals surface area contributed by atoms with Gasteiger partial charge < -0.3 is 10.5 Å². The zero-order valence-corrected chi connectivity index (χ0v) is 13.3. The van der Waals surface area contributed by atoms with Crippen LogP contribution in [-0.2, 0) is 19.4 Å². The molecule has 1 aliphatic carbocycles. The molecule has 0 bridgehead atoms. The molecule has 0 saturated heterocycles. The van der Waals surface area contributed by atoms with Crippen molar-refractivity contribution in [3.05, 3.63) is 45.4 Å². The van der Waals surface area contributed by atoms with Crippen molar-refractivity contribution in [3.63, 3.8) is 0 Å². The largest absolute Gasteiger partial charge is 0.493 e. The molecular formula is C17H22N2OS. The van der Waals surface area contributed by atoms with Crippen molar-refractivity contribution in [1.82, 2.24) is 4.98 Å². The Kier molecular flexibility index (Phi) is 4.56. The molecule has 3 nitrogen and oxygen atoms in total. The highest BCUT2D eigenvalue weighted by Gasteiger charge is 2.29. The normalized spacial score (nSPS) is 14.4. The van der Waals surface area contributed by atoms with Gasteiger partial charge in [-0.2, -0.15) is 0 Å². The maximum atomic E-state index is 5.85. The van der Waals surface area contributed by atoms with Crippen LogP contribution in [0.1, 0.15) is 46.8 Å². The van der Waals surface area contributed by atoms with Crippen LogP contribution in [0.15, 0.2) is 24.3 Å². The number of rotatable bonds is 7. The predicted molar refractivity (Wildman–Crippen MR) is 87.0 cm³/mol. The summed E-state index contributed by atoms with van der Waals surface area (Å²) in [4.78, 5) is 6.03. The second-order valence-electron chi connectivity index (χ2n) is 5.49.